The first kappa shape index (κ1) is 18.1. The summed E-state index contributed by atoms with van der Waals surface area (Å²) in [5.74, 6) is -0.0730. The molecule has 0 saturated heterocycles. The lowest BCUT2D eigenvalue weighted by molar-refractivity contribution is 0.0952. The smallest absolute Gasteiger partial charge is 0.273 e. The SMILES string of the molecule is CNS(=O)(=O)c1cc(C(=O)NCCc2nc3c(s2)CCCC3)c(C)o1. The van der Waals surface area contributed by atoms with Crippen molar-refractivity contribution in [3.8, 4) is 0 Å². The van der Waals surface area contributed by atoms with Crippen LogP contribution in [0.4, 0.5) is 0 Å². The molecule has 0 aromatic carbocycles. The zero-order chi connectivity index (χ0) is 18.0. The predicted octanol–water partition coefficient (Wildman–Crippen LogP) is 1.80. The van der Waals surface area contributed by atoms with E-state index < -0.39 is 10.0 Å². The summed E-state index contributed by atoms with van der Waals surface area (Å²) in [4.78, 5) is 18.3. The number of hydrogen-bond donors (Lipinski definition) is 2. The maximum atomic E-state index is 12.3. The normalized spacial score (nSPS) is 14.3. The summed E-state index contributed by atoms with van der Waals surface area (Å²) in [7, 11) is -2.41. The van der Waals surface area contributed by atoms with Crippen molar-refractivity contribution >= 4 is 27.3 Å². The third kappa shape index (κ3) is 3.94. The van der Waals surface area contributed by atoms with Crippen LogP contribution in [0.15, 0.2) is 15.6 Å². The zero-order valence-electron chi connectivity index (χ0n) is 14.2. The lowest BCUT2D eigenvalue weighted by Gasteiger charge is -2.06. The van der Waals surface area contributed by atoms with Crippen molar-refractivity contribution in [3.63, 3.8) is 0 Å². The van der Waals surface area contributed by atoms with E-state index in [-0.39, 0.29) is 22.3 Å². The number of furan rings is 1. The summed E-state index contributed by atoms with van der Waals surface area (Å²) in [6.07, 6.45) is 5.25. The maximum Gasteiger partial charge on any atom is 0.273 e. The summed E-state index contributed by atoms with van der Waals surface area (Å²) in [6.45, 7) is 2.02. The minimum absolute atomic E-state index is 0.229. The summed E-state index contributed by atoms with van der Waals surface area (Å²) < 4.78 is 30.8. The first-order chi connectivity index (χ1) is 11.9. The van der Waals surface area contributed by atoms with Crippen molar-refractivity contribution in [2.24, 2.45) is 0 Å². The van der Waals surface area contributed by atoms with E-state index >= 15 is 0 Å². The molecule has 3 rings (SSSR count). The Morgan fingerprint density at radius 1 is 1.36 bits per heavy atom. The maximum absolute atomic E-state index is 12.3. The third-order valence-corrected chi connectivity index (χ3v) is 6.67. The van der Waals surface area contributed by atoms with Crippen molar-refractivity contribution in [2.75, 3.05) is 13.6 Å². The van der Waals surface area contributed by atoms with E-state index in [0.717, 1.165) is 17.8 Å². The van der Waals surface area contributed by atoms with Crippen molar-refractivity contribution in [2.45, 2.75) is 44.1 Å². The number of sulfonamides is 1. The molecule has 2 aromatic rings. The number of thiazole rings is 1. The van der Waals surface area contributed by atoms with Crippen molar-refractivity contribution in [1.29, 1.82) is 0 Å². The van der Waals surface area contributed by atoms with Gasteiger partial charge in [-0.25, -0.2) is 18.1 Å². The number of aromatic nitrogens is 1. The van der Waals surface area contributed by atoms with Crippen LogP contribution in [0, 0.1) is 6.92 Å². The molecule has 2 aromatic heterocycles. The van der Waals surface area contributed by atoms with Crippen LogP contribution in [0.5, 0.6) is 0 Å². The molecule has 0 saturated carbocycles. The number of carbonyl (C=O) groups excluding carboxylic acids is 1. The van der Waals surface area contributed by atoms with Gasteiger partial charge in [0.05, 0.1) is 16.3 Å². The Morgan fingerprint density at radius 2 is 2.12 bits per heavy atom. The molecular formula is C16H21N3O4S2. The molecule has 0 fully saturated rings. The van der Waals surface area contributed by atoms with Crippen molar-refractivity contribution < 1.29 is 17.6 Å². The van der Waals surface area contributed by atoms with Gasteiger partial charge >= 0.3 is 0 Å². The summed E-state index contributed by atoms with van der Waals surface area (Å²) in [5.41, 5.74) is 1.44. The van der Waals surface area contributed by atoms with Gasteiger partial charge in [0, 0.05) is 23.9 Å². The highest BCUT2D eigenvalue weighted by atomic mass is 32.2. The van der Waals surface area contributed by atoms with Crippen LogP contribution in [-0.2, 0) is 29.3 Å². The average molecular weight is 383 g/mol. The van der Waals surface area contributed by atoms with Gasteiger partial charge in [-0.05, 0) is 39.7 Å². The number of hydrogen-bond acceptors (Lipinski definition) is 6. The van der Waals surface area contributed by atoms with Gasteiger partial charge in [-0.1, -0.05) is 0 Å². The average Bonchev–Trinajstić information content (AvgIpc) is 3.18. The standard InChI is InChI=1S/C16H21N3O4S2/c1-10-11(9-15(23-10)25(21,22)17-2)16(20)18-8-7-14-19-12-5-3-4-6-13(12)24-14/h9,17H,3-8H2,1-2H3,(H,18,20). The molecule has 1 aliphatic rings. The van der Waals surface area contributed by atoms with E-state index in [4.69, 9.17) is 4.42 Å². The van der Waals surface area contributed by atoms with E-state index in [2.05, 4.69) is 15.0 Å². The number of rotatable bonds is 6. The van der Waals surface area contributed by atoms with Gasteiger partial charge in [-0.15, -0.1) is 11.3 Å². The van der Waals surface area contributed by atoms with Crippen LogP contribution in [0.1, 0.15) is 44.5 Å². The van der Waals surface area contributed by atoms with Gasteiger partial charge in [-0.3, -0.25) is 4.79 Å². The van der Waals surface area contributed by atoms with E-state index in [1.165, 1.54) is 36.5 Å². The highest BCUT2D eigenvalue weighted by molar-refractivity contribution is 7.89. The monoisotopic (exact) mass is 383 g/mol. The van der Waals surface area contributed by atoms with Gasteiger partial charge < -0.3 is 9.73 Å². The molecule has 0 atom stereocenters. The van der Waals surface area contributed by atoms with Crippen LogP contribution in [0.2, 0.25) is 0 Å². The van der Waals surface area contributed by atoms with Crippen molar-refractivity contribution in [1.82, 2.24) is 15.0 Å². The molecule has 136 valence electrons. The fourth-order valence-electron chi connectivity index (χ4n) is 2.80. The Morgan fingerprint density at radius 3 is 2.84 bits per heavy atom. The summed E-state index contributed by atoms with van der Waals surface area (Å²) in [6, 6.07) is 1.25. The minimum atomic E-state index is -3.70. The molecule has 0 radical (unpaired) electrons. The largest absolute Gasteiger partial charge is 0.448 e. The lowest BCUT2D eigenvalue weighted by Crippen LogP contribution is -2.26. The second kappa shape index (κ2) is 7.27. The number of aryl methyl sites for hydroxylation is 3. The molecule has 0 aliphatic heterocycles. The Kier molecular flexibility index (Phi) is 5.26. The van der Waals surface area contributed by atoms with Crippen molar-refractivity contribution in [3.05, 3.63) is 33.0 Å². The number of nitrogens with one attached hydrogen (secondary N) is 2. The van der Waals surface area contributed by atoms with Crippen LogP contribution < -0.4 is 10.0 Å². The van der Waals surface area contributed by atoms with E-state index in [9.17, 15) is 13.2 Å². The third-order valence-electron chi connectivity index (χ3n) is 4.19. The highest BCUT2D eigenvalue weighted by Gasteiger charge is 2.22. The zero-order valence-corrected chi connectivity index (χ0v) is 15.8. The highest BCUT2D eigenvalue weighted by Crippen LogP contribution is 2.26. The van der Waals surface area contributed by atoms with Gasteiger partial charge in [0.2, 0.25) is 5.09 Å². The van der Waals surface area contributed by atoms with E-state index in [0.29, 0.717) is 13.0 Å². The molecule has 0 bridgehead atoms. The second-order valence-corrected chi connectivity index (χ2v) is 8.92. The number of nitrogens with zero attached hydrogens (tertiary/aromatic N) is 1. The molecule has 1 aliphatic carbocycles. The predicted molar refractivity (Wildman–Crippen MR) is 94.5 cm³/mol. The lowest BCUT2D eigenvalue weighted by atomic mass is 10.0. The van der Waals surface area contributed by atoms with E-state index in [1.807, 2.05) is 0 Å². The Balaban J connectivity index is 1.60. The fraction of sp³-hybridized carbons (Fsp3) is 0.500. The first-order valence-corrected chi connectivity index (χ1v) is 10.5. The van der Waals surface area contributed by atoms with E-state index in [1.54, 1.807) is 18.3 Å². The molecule has 2 heterocycles. The number of amides is 1. The Hall–Kier alpha value is -1.71. The molecule has 1 amide bonds. The molecule has 2 N–H and O–H groups in total. The molecule has 9 heteroatoms. The van der Waals surface area contributed by atoms with Gasteiger partial charge in [0.15, 0.2) is 0 Å². The van der Waals surface area contributed by atoms with Crippen LogP contribution >= 0.6 is 11.3 Å². The molecule has 0 spiro atoms. The number of carbonyl (C=O) groups is 1. The fourth-order valence-corrected chi connectivity index (χ4v) is 4.67. The Labute approximate surface area is 150 Å². The van der Waals surface area contributed by atoms with Gasteiger partial charge in [0.25, 0.3) is 15.9 Å². The quantitative estimate of drug-likeness (QED) is 0.792. The topological polar surface area (TPSA) is 101 Å². The minimum Gasteiger partial charge on any atom is -0.448 e. The van der Waals surface area contributed by atoms with Crippen LogP contribution in [0.25, 0.3) is 0 Å². The number of fused-ring (bicyclic) bond motifs is 1. The first-order valence-electron chi connectivity index (χ1n) is 8.20. The molecular weight excluding hydrogens is 362 g/mol. The molecule has 25 heavy (non-hydrogen) atoms. The van der Waals surface area contributed by atoms with Crippen LogP contribution in [0.3, 0.4) is 0 Å². The Bertz CT molecular complexity index is 860. The summed E-state index contributed by atoms with van der Waals surface area (Å²) in [5, 5.41) is 3.58. The molecule has 0 unspecified atom stereocenters. The van der Waals surface area contributed by atoms with Gasteiger partial charge in [-0.2, -0.15) is 0 Å². The summed E-state index contributed by atoms with van der Waals surface area (Å²) >= 11 is 1.73. The van der Waals surface area contributed by atoms with Gasteiger partial charge in [0.1, 0.15) is 5.76 Å². The second-order valence-electron chi connectivity index (χ2n) is 5.93. The van der Waals surface area contributed by atoms with Crippen LogP contribution in [-0.4, -0.2) is 32.9 Å². The molecule has 7 nitrogen and oxygen atoms in total.